The van der Waals surface area contributed by atoms with Gasteiger partial charge in [-0.15, -0.1) is 0 Å². The van der Waals surface area contributed by atoms with Crippen molar-refractivity contribution in [2.75, 3.05) is 18.1 Å². The number of carboxylic acids is 1. The first-order valence-corrected chi connectivity index (χ1v) is 9.55. The number of nitrogens with two attached hydrogens (primary N) is 1. The zero-order chi connectivity index (χ0) is 21.1. The largest absolute Gasteiger partial charge is 0.480 e. The van der Waals surface area contributed by atoms with Gasteiger partial charge in [0.25, 0.3) is 0 Å². The first-order chi connectivity index (χ1) is 12.6. The summed E-state index contributed by atoms with van der Waals surface area (Å²) in [7, 11) is 0. The summed E-state index contributed by atoms with van der Waals surface area (Å²) in [5.41, 5.74) is 5.54. The van der Waals surface area contributed by atoms with Crippen LogP contribution in [0.4, 0.5) is 0 Å². The Morgan fingerprint density at radius 2 is 1.37 bits per heavy atom. The molecule has 0 aliphatic carbocycles. The lowest BCUT2D eigenvalue weighted by Crippen LogP contribution is -2.58. The fourth-order valence-corrected chi connectivity index (χ4v) is 2.41. The molecule has 0 saturated heterocycles. The summed E-state index contributed by atoms with van der Waals surface area (Å²) in [6, 6.07) is -4.48. The van der Waals surface area contributed by atoms with Crippen molar-refractivity contribution in [3.8, 4) is 0 Å². The Labute approximate surface area is 168 Å². The topological polar surface area (TPSA) is 171 Å². The maximum Gasteiger partial charge on any atom is 0.328 e. The minimum atomic E-state index is -1.49. The maximum absolute atomic E-state index is 12.4. The first kappa shape index (κ1) is 25.5. The van der Waals surface area contributed by atoms with Crippen molar-refractivity contribution in [1.82, 2.24) is 16.0 Å². The predicted octanol–water partition coefficient (Wildman–Crippen LogP) is -2.25. The quantitative estimate of drug-likeness (QED) is 0.164. The number of aliphatic carboxylic acids is 1. The Bertz CT molecular complexity index is 534. The molecular formula is C15H28N4O6S2. The van der Waals surface area contributed by atoms with Crippen LogP contribution in [0.3, 0.4) is 0 Å². The lowest BCUT2D eigenvalue weighted by atomic mass is 10.0. The van der Waals surface area contributed by atoms with E-state index in [1.54, 1.807) is 0 Å². The zero-order valence-electron chi connectivity index (χ0n) is 15.2. The van der Waals surface area contributed by atoms with Gasteiger partial charge in [0, 0.05) is 11.5 Å². The van der Waals surface area contributed by atoms with Crippen molar-refractivity contribution in [1.29, 1.82) is 0 Å². The number of hydrogen-bond acceptors (Lipinski definition) is 8. The monoisotopic (exact) mass is 424 g/mol. The average molecular weight is 425 g/mol. The number of thiol groups is 2. The summed E-state index contributed by atoms with van der Waals surface area (Å²) in [6.07, 6.45) is 0.221. The van der Waals surface area contributed by atoms with Gasteiger partial charge < -0.3 is 31.9 Å². The van der Waals surface area contributed by atoms with Crippen molar-refractivity contribution in [2.24, 2.45) is 11.7 Å². The van der Waals surface area contributed by atoms with Crippen LogP contribution in [0.25, 0.3) is 0 Å². The fourth-order valence-electron chi connectivity index (χ4n) is 1.99. The molecule has 0 bridgehead atoms. The molecule has 27 heavy (non-hydrogen) atoms. The van der Waals surface area contributed by atoms with E-state index in [2.05, 4.69) is 41.2 Å². The molecule has 0 aromatic rings. The highest BCUT2D eigenvalue weighted by atomic mass is 32.1. The van der Waals surface area contributed by atoms with Crippen LogP contribution in [-0.4, -0.2) is 76.2 Å². The van der Waals surface area contributed by atoms with Gasteiger partial charge >= 0.3 is 5.97 Å². The minimum absolute atomic E-state index is 0.0000942. The summed E-state index contributed by atoms with van der Waals surface area (Å²) in [6.45, 7) is 2.84. The van der Waals surface area contributed by atoms with Gasteiger partial charge in [-0.05, 0) is 12.3 Å². The van der Waals surface area contributed by atoms with E-state index in [0.717, 1.165) is 0 Å². The molecule has 156 valence electrons. The summed E-state index contributed by atoms with van der Waals surface area (Å²) < 4.78 is 0. The van der Waals surface area contributed by atoms with Gasteiger partial charge in [-0.1, -0.05) is 13.8 Å². The normalized spacial score (nSPS) is 15.4. The van der Waals surface area contributed by atoms with E-state index in [1.165, 1.54) is 0 Å². The molecule has 0 rings (SSSR count). The van der Waals surface area contributed by atoms with Gasteiger partial charge in [0.05, 0.1) is 12.6 Å². The number of nitrogens with one attached hydrogen (secondary N) is 3. The van der Waals surface area contributed by atoms with Gasteiger partial charge in [0.2, 0.25) is 17.7 Å². The van der Waals surface area contributed by atoms with Crippen molar-refractivity contribution < 1.29 is 29.4 Å². The molecule has 0 fully saturated rings. The van der Waals surface area contributed by atoms with E-state index in [1.807, 2.05) is 13.8 Å². The zero-order valence-corrected chi connectivity index (χ0v) is 17.0. The third kappa shape index (κ3) is 9.31. The van der Waals surface area contributed by atoms with Gasteiger partial charge in [-0.2, -0.15) is 25.3 Å². The molecule has 0 radical (unpaired) electrons. The molecule has 12 heteroatoms. The summed E-state index contributed by atoms with van der Waals surface area (Å²) >= 11 is 7.93. The van der Waals surface area contributed by atoms with Crippen LogP contribution in [-0.2, 0) is 19.2 Å². The lowest BCUT2D eigenvalue weighted by molar-refractivity contribution is -0.143. The second-order valence-electron chi connectivity index (χ2n) is 6.31. The molecule has 4 atom stereocenters. The maximum atomic E-state index is 12.4. The number of rotatable bonds is 12. The Morgan fingerprint density at radius 3 is 1.78 bits per heavy atom. The van der Waals surface area contributed by atoms with Gasteiger partial charge in [0.1, 0.15) is 18.1 Å². The molecular weight excluding hydrogens is 396 g/mol. The van der Waals surface area contributed by atoms with E-state index >= 15 is 0 Å². The minimum Gasteiger partial charge on any atom is -0.480 e. The number of carbonyl (C=O) groups excluding carboxylic acids is 3. The number of aliphatic hydroxyl groups excluding tert-OH is 1. The number of aliphatic hydroxyl groups is 1. The molecule has 0 saturated carbocycles. The van der Waals surface area contributed by atoms with Gasteiger partial charge in [-0.3, -0.25) is 14.4 Å². The fraction of sp³-hybridized carbons (Fsp3) is 0.733. The average Bonchev–Trinajstić information content (AvgIpc) is 2.61. The number of amides is 3. The van der Waals surface area contributed by atoms with E-state index < -0.39 is 54.5 Å². The molecule has 0 spiro atoms. The third-order valence-corrected chi connectivity index (χ3v) is 4.24. The van der Waals surface area contributed by atoms with Crippen molar-refractivity contribution in [3.63, 3.8) is 0 Å². The molecule has 0 aliphatic rings. The highest BCUT2D eigenvalue weighted by Crippen LogP contribution is 2.06. The summed E-state index contributed by atoms with van der Waals surface area (Å²) in [4.78, 5) is 47.6. The molecule has 7 N–H and O–H groups in total. The van der Waals surface area contributed by atoms with Crippen molar-refractivity contribution in [2.45, 2.75) is 44.4 Å². The Kier molecular flexibility index (Phi) is 12.1. The summed E-state index contributed by atoms with van der Waals surface area (Å²) in [5, 5.41) is 25.0. The number of hydrogen-bond donors (Lipinski definition) is 8. The van der Waals surface area contributed by atoms with Gasteiger partial charge in [0.15, 0.2) is 0 Å². The number of carboxylic acid groups (broad SMARTS) is 1. The molecule has 0 aromatic heterocycles. The van der Waals surface area contributed by atoms with Crippen LogP contribution in [0.15, 0.2) is 0 Å². The smallest absolute Gasteiger partial charge is 0.328 e. The second kappa shape index (κ2) is 12.8. The van der Waals surface area contributed by atoms with E-state index in [-0.39, 0.29) is 23.8 Å². The standard InChI is InChI=1S/C15H28N4O6S2/c1-7(2)3-9(13(22)18-10(4-20)15(24)25)17-14(23)11(6-27)19-12(21)8(16)5-26/h7-11,20,26-27H,3-6,16H2,1-2H3,(H,17,23)(H,18,22)(H,19,21)(H,24,25). The van der Waals surface area contributed by atoms with Crippen LogP contribution >= 0.6 is 25.3 Å². The highest BCUT2D eigenvalue weighted by Gasteiger charge is 2.29. The first-order valence-electron chi connectivity index (χ1n) is 8.29. The molecule has 0 heterocycles. The van der Waals surface area contributed by atoms with E-state index in [9.17, 15) is 19.2 Å². The van der Waals surface area contributed by atoms with Crippen LogP contribution in [0.2, 0.25) is 0 Å². The Balaban J connectivity index is 5.14. The molecule has 10 nitrogen and oxygen atoms in total. The molecule has 0 aliphatic heterocycles. The SMILES string of the molecule is CC(C)CC(NC(=O)C(CS)NC(=O)C(N)CS)C(=O)NC(CO)C(=O)O. The molecule has 0 aromatic carbocycles. The Hall–Kier alpha value is -1.50. The highest BCUT2D eigenvalue weighted by molar-refractivity contribution is 7.80. The molecule has 4 unspecified atom stereocenters. The number of carbonyl (C=O) groups is 4. The van der Waals surface area contributed by atoms with E-state index in [4.69, 9.17) is 15.9 Å². The van der Waals surface area contributed by atoms with Crippen molar-refractivity contribution >= 4 is 48.9 Å². The van der Waals surface area contributed by atoms with E-state index in [0.29, 0.717) is 0 Å². The van der Waals surface area contributed by atoms with Crippen LogP contribution in [0.1, 0.15) is 20.3 Å². The second-order valence-corrected chi connectivity index (χ2v) is 7.04. The third-order valence-electron chi connectivity index (χ3n) is 3.49. The van der Waals surface area contributed by atoms with Crippen LogP contribution < -0.4 is 21.7 Å². The van der Waals surface area contributed by atoms with Crippen LogP contribution in [0.5, 0.6) is 0 Å². The summed E-state index contributed by atoms with van der Waals surface area (Å²) in [5.74, 6) is -3.36. The Morgan fingerprint density at radius 1 is 0.889 bits per heavy atom. The van der Waals surface area contributed by atoms with Crippen LogP contribution in [0, 0.1) is 5.92 Å². The van der Waals surface area contributed by atoms with Gasteiger partial charge in [-0.25, -0.2) is 4.79 Å². The molecule has 3 amide bonds. The predicted molar refractivity (Wildman–Crippen MR) is 106 cm³/mol. The lowest BCUT2D eigenvalue weighted by Gasteiger charge is -2.25. The van der Waals surface area contributed by atoms with Crippen molar-refractivity contribution in [3.05, 3.63) is 0 Å².